The van der Waals surface area contributed by atoms with E-state index in [-0.39, 0.29) is 11.3 Å². The van der Waals surface area contributed by atoms with Crippen LogP contribution in [0.15, 0.2) is 60.2 Å². The topological polar surface area (TPSA) is 91.6 Å². The van der Waals surface area contributed by atoms with Crippen LogP contribution in [0.2, 0.25) is 0 Å². The average Bonchev–Trinajstić information content (AvgIpc) is 2.72. The van der Waals surface area contributed by atoms with Crippen molar-refractivity contribution in [3.63, 3.8) is 0 Å². The Morgan fingerprint density at radius 3 is 2.64 bits per heavy atom. The van der Waals surface area contributed by atoms with Gasteiger partial charge >= 0.3 is 0 Å². The maximum absolute atomic E-state index is 12.2. The van der Waals surface area contributed by atoms with Gasteiger partial charge in [-0.2, -0.15) is 5.26 Å². The third-order valence-electron chi connectivity index (χ3n) is 3.99. The molecule has 0 saturated heterocycles. The molecule has 0 aliphatic carbocycles. The summed E-state index contributed by atoms with van der Waals surface area (Å²) in [5, 5.41) is 21.6. The van der Waals surface area contributed by atoms with Crippen molar-refractivity contribution < 1.29 is 19.4 Å². The van der Waals surface area contributed by atoms with Crippen molar-refractivity contribution in [2.75, 3.05) is 20.8 Å². The lowest BCUT2D eigenvalue weighted by molar-refractivity contribution is -0.117. The SMILES string of the molecule is COc1cc(C=CC=C(C#N)C(=O)NCCc2ccccc2OC)ccc1O. The van der Waals surface area contributed by atoms with Gasteiger partial charge in [-0.25, -0.2) is 0 Å². The van der Waals surface area contributed by atoms with Crippen LogP contribution in [0.4, 0.5) is 0 Å². The molecular weight excluding hydrogens is 356 g/mol. The van der Waals surface area contributed by atoms with Crippen LogP contribution >= 0.6 is 0 Å². The first-order chi connectivity index (χ1) is 13.6. The van der Waals surface area contributed by atoms with E-state index in [1.54, 1.807) is 31.4 Å². The summed E-state index contributed by atoms with van der Waals surface area (Å²) < 4.78 is 10.3. The van der Waals surface area contributed by atoms with Crippen molar-refractivity contribution in [3.8, 4) is 23.3 Å². The molecule has 6 heteroatoms. The van der Waals surface area contributed by atoms with E-state index in [2.05, 4.69) is 5.32 Å². The molecule has 28 heavy (non-hydrogen) atoms. The van der Waals surface area contributed by atoms with Gasteiger partial charge in [0.05, 0.1) is 14.2 Å². The van der Waals surface area contributed by atoms with Gasteiger partial charge in [0.2, 0.25) is 0 Å². The van der Waals surface area contributed by atoms with Gasteiger partial charge < -0.3 is 19.9 Å². The predicted octanol–water partition coefficient (Wildman–Crippen LogP) is 3.23. The maximum Gasteiger partial charge on any atom is 0.261 e. The number of ether oxygens (including phenoxy) is 2. The molecule has 2 rings (SSSR count). The molecule has 0 aromatic heterocycles. The Kier molecular flexibility index (Phi) is 7.67. The van der Waals surface area contributed by atoms with E-state index in [4.69, 9.17) is 9.47 Å². The third-order valence-corrected chi connectivity index (χ3v) is 3.99. The zero-order valence-electron chi connectivity index (χ0n) is 15.8. The molecule has 0 aliphatic rings. The normalized spacial score (nSPS) is 11.1. The van der Waals surface area contributed by atoms with Crippen molar-refractivity contribution >= 4 is 12.0 Å². The first kappa shape index (κ1) is 20.6. The maximum atomic E-state index is 12.2. The van der Waals surface area contributed by atoms with Crippen molar-refractivity contribution in [1.29, 1.82) is 5.26 Å². The molecule has 0 spiro atoms. The molecule has 0 fully saturated rings. The molecule has 144 valence electrons. The largest absolute Gasteiger partial charge is 0.504 e. The number of nitriles is 1. The highest BCUT2D eigenvalue weighted by atomic mass is 16.5. The Morgan fingerprint density at radius 2 is 1.93 bits per heavy atom. The number of hydrogen-bond donors (Lipinski definition) is 2. The minimum absolute atomic E-state index is 0.00187. The number of nitrogens with zero attached hydrogens (tertiary/aromatic N) is 1. The molecule has 0 aliphatic heterocycles. The van der Waals surface area contributed by atoms with E-state index in [1.165, 1.54) is 19.3 Å². The second-order valence-corrected chi connectivity index (χ2v) is 5.80. The minimum atomic E-state index is -0.440. The average molecular weight is 378 g/mol. The highest BCUT2D eigenvalue weighted by molar-refractivity contribution is 5.97. The van der Waals surface area contributed by atoms with Crippen LogP contribution in [0.3, 0.4) is 0 Å². The van der Waals surface area contributed by atoms with Gasteiger partial charge in [0.15, 0.2) is 11.5 Å². The van der Waals surface area contributed by atoms with Crippen LogP contribution in [0, 0.1) is 11.3 Å². The van der Waals surface area contributed by atoms with Gasteiger partial charge in [-0.3, -0.25) is 4.79 Å². The van der Waals surface area contributed by atoms with Gasteiger partial charge in [0.25, 0.3) is 5.91 Å². The lowest BCUT2D eigenvalue weighted by atomic mass is 10.1. The third kappa shape index (κ3) is 5.64. The number of amides is 1. The molecule has 0 radical (unpaired) electrons. The highest BCUT2D eigenvalue weighted by Crippen LogP contribution is 2.26. The molecule has 2 aromatic rings. The standard InChI is InChI=1S/C22H22N2O4/c1-27-20-9-4-3-7-17(20)12-13-24-22(26)18(15-23)8-5-6-16-10-11-19(25)21(14-16)28-2/h3-11,14,25H,12-13H2,1-2H3,(H,24,26). The summed E-state index contributed by atoms with van der Waals surface area (Å²) in [5.41, 5.74) is 1.75. The Hall–Kier alpha value is -3.72. The number of rotatable bonds is 8. The molecule has 0 unspecified atom stereocenters. The van der Waals surface area contributed by atoms with Gasteiger partial charge in [0.1, 0.15) is 17.4 Å². The van der Waals surface area contributed by atoms with E-state index in [0.717, 1.165) is 16.9 Å². The quantitative estimate of drug-likeness (QED) is 0.418. The summed E-state index contributed by atoms with van der Waals surface area (Å²) in [7, 11) is 3.07. The van der Waals surface area contributed by atoms with E-state index in [1.807, 2.05) is 30.3 Å². The van der Waals surface area contributed by atoms with Crippen LogP contribution in [-0.2, 0) is 11.2 Å². The monoisotopic (exact) mass is 378 g/mol. The number of methoxy groups -OCH3 is 2. The summed E-state index contributed by atoms with van der Waals surface area (Å²) >= 11 is 0. The smallest absolute Gasteiger partial charge is 0.261 e. The molecule has 1 amide bonds. The van der Waals surface area contributed by atoms with Crippen LogP contribution < -0.4 is 14.8 Å². The van der Waals surface area contributed by atoms with Crippen LogP contribution in [0.25, 0.3) is 6.08 Å². The van der Waals surface area contributed by atoms with E-state index in [9.17, 15) is 15.2 Å². The summed E-state index contributed by atoms with van der Waals surface area (Å²) in [5.74, 6) is 0.716. The van der Waals surface area contributed by atoms with E-state index < -0.39 is 5.91 Å². The Labute approximate surface area is 164 Å². The highest BCUT2D eigenvalue weighted by Gasteiger charge is 2.08. The number of benzene rings is 2. The molecule has 0 bridgehead atoms. The molecule has 6 nitrogen and oxygen atoms in total. The molecule has 2 N–H and O–H groups in total. The first-order valence-electron chi connectivity index (χ1n) is 8.64. The zero-order valence-corrected chi connectivity index (χ0v) is 15.8. The van der Waals surface area contributed by atoms with E-state index >= 15 is 0 Å². The first-order valence-corrected chi connectivity index (χ1v) is 8.64. The summed E-state index contributed by atoms with van der Waals surface area (Å²) in [6, 6.07) is 14.3. The van der Waals surface area contributed by atoms with Crippen LogP contribution in [0.1, 0.15) is 11.1 Å². The summed E-state index contributed by atoms with van der Waals surface area (Å²) in [6.07, 6.45) is 5.35. The van der Waals surface area contributed by atoms with Crippen molar-refractivity contribution in [2.24, 2.45) is 0 Å². The number of carbonyl (C=O) groups excluding carboxylic acids is 1. The summed E-state index contributed by atoms with van der Waals surface area (Å²) in [4.78, 5) is 12.2. The van der Waals surface area contributed by atoms with Gasteiger partial charge in [-0.1, -0.05) is 36.4 Å². The number of aromatic hydroxyl groups is 1. The Morgan fingerprint density at radius 1 is 1.18 bits per heavy atom. The number of phenolic OH excluding ortho intramolecular Hbond substituents is 1. The van der Waals surface area contributed by atoms with Crippen LogP contribution in [-0.4, -0.2) is 31.8 Å². The Bertz CT molecular complexity index is 926. The van der Waals surface area contributed by atoms with Gasteiger partial charge in [-0.15, -0.1) is 0 Å². The second-order valence-electron chi connectivity index (χ2n) is 5.80. The van der Waals surface area contributed by atoms with Crippen molar-refractivity contribution in [2.45, 2.75) is 6.42 Å². The number of para-hydroxylation sites is 1. The molecule has 2 aromatic carbocycles. The molecule has 0 atom stereocenters. The fourth-order valence-corrected chi connectivity index (χ4v) is 2.53. The number of nitrogens with one attached hydrogen (secondary N) is 1. The molecule has 0 saturated carbocycles. The van der Waals surface area contributed by atoms with Gasteiger partial charge in [0, 0.05) is 6.54 Å². The number of carbonyl (C=O) groups is 1. The molecule has 0 heterocycles. The van der Waals surface area contributed by atoms with E-state index in [0.29, 0.717) is 18.7 Å². The lowest BCUT2D eigenvalue weighted by Crippen LogP contribution is -2.26. The second kappa shape index (κ2) is 10.4. The Balaban J connectivity index is 1.96. The van der Waals surface area contributed by atoms with Crippen molar-refractivity contribution in [1.82, 2.24) is 5.32 Å². The fraction of sp³-hybridized carbons (Fsp3) is 0.182. The number of phenols is 1. The van der Waals surface area contributed by atoms with Crippen LogP contribution in [0.5, 0.6) is 17.2 Å². The lowest BCUT2D eigenvalue weighted by Gasteiger charge is -2.08. The van der Waals surface area contributed by atoms with Crippen molar-refractivity contribution in [3.05, 3.63) is 71.3 Å². The number of allylic oxidation sites excluding steroid dienone is 2. The fourth-order valence-electron chi connectivity index (χ4n) is 2.53. The summed E-state index contributed by atoms with van der Waals surface area (Å²) in [6.45, 7) is 0.386. The predicted molar refractivity (Wildman–Crippen MR) is 107 cm³/mol. The van der Waals surface area contributed by atoms with Gasteiger partial charge in [-0.05, 0) is 41.8 Å². The number of hydrogen-bond acceptors (Lipinski definition) is 5. The minimum Gasteiger partial charge on any atom is -0.504 e. The molecular formula is C22H22N2O4. The zero-order chi connectivity index (χ0) is 20.4.